The minimum Gasteiger partial charge on any atom is -0.390 e. The van der Waals surface area contributed by atoms with E-state index in [1.807, 2.05) is 0 Å². The van der Waals surface area contributed by atoms with Gasteiger partial charge in [-0.1, -0.05) is 26.7 Å². The first-order valence-electron chi connectivity index (χ1n) is 7.09. The van der Waals surface area contributed by atoms with Gasteiger partial charge in [-0.3, -0.25) is 0 Å². The number of aliphatic hydroxyl groups is 1. The maximum absolute atomic E-state index is 10.8. The van der Waals surface area contributed by atoms with Crippen LogP contribution in [0.25, 0.3) is 0 Å². The van der Waals surface area contributed by atoms with E-state index in [-0.39, 0.29) is 5.60 Å². The predicted molar refractivity (Wildman–Crippen MR) is 67.4 cm³/mol. The fraction of sp³-hybridized carbons (Fsp3) is 1.00. The maximum Gasteiger partial charge on any atom is 0.0700 e. The molecule has 0 aromatic carbocycles. The minimum atomic E-state index is -0.328. The van der Waals surface area contributed by atoms with Crippen LogP contribution in [0.4, 0.5) is 0 Å². The van der Waals surface area contributed by atoms with E-state index in [0.717, 1.165) is 38.4 Å². The summed E-state index contributed by atoms with van der Waals surface area (Å²) in [5, 5.41) is 10.8. The van der Waals surface area contributed by atoms with Gasteiger partial charge >= 0.3 is 0 Å². The van der Waals surface area contributed by atoms with E-state index in [9.17, 15) is 5.11 Å². The van der Waals surface area contributed by atoms with Crippen molar-refractivity contribution in [2.75, 3.05) is 19.6 Å². The van der Waals surface area contributed by atoms with Crippen molar-refractivity contribution in [1.29, 1.82) is 0 Å². The summed E-state index contributed by atoms with van der Waals surface area (Å²) in [5.74, 6) is 1.47. The lowest BCUT2D eigenvalue weighted by molar-refractivity contribution is -0.0795. The Labute approximate surface area is 100 Å². The van der Waals surface area contributed by atoms with E-state index in [2.05, 4.69) is 18.7 Å². The zero-order valence-electron chi connectivity index (χ0n) is 10.9. The average molecular weight is 225 g/mol. The van der Waals surface area contributed by atoms with Crippen LogP contribution in [0, 0.1) is 11.8 Å². The minimum absolute atomic E-state index is 0.328. The van der Waals surface area contributed by atoms with E-state index in [0.29, 0.717) is 5.92 Å². The van der Waals surface area contributed by atoms with Crippen molar-refractivity contribution < 1.29 is 5.11 Å². The second-order valence-corrected chi connectivity index (χ2v) is 5.99. The third kappa shape index (κ3) is 2.60. The summed E-state index contributed by atoms with van der Waals surface area (Å²) in [7, 11) is 0. The van der Waals surface area contributed by atoms with E-state index >= 15 is 0 Å². The highest BCUT2D eigenvalue weighted by atomic mass is 16.3. The van der Waals surface area contributed by atoms with Gasteiger partial charge in [0.2, 0.25) is 0 Å². The van der Waals surface area contributed by atoms with Gasteiger partial charge in [-0.25, -0.2) is 0 Å². The molecule has 94 valence electrons. The standard InChI is InChI=1S/C14H27NO/c1-3-15-10-8-14(16,9-11-15)13-6-4-12(2)5-7-13/h12-13,16H,3-11H2,1-2H3. The molecule has 0 aromatic rings. The molecule has 1 saturated heterocycles. The molecule has 0 amide bonds. The number of hydrogen-bond acceptors (Lipinski definition) is 2. The Kier molecular flexibility index (Phi) is 3.91. The van der Waals surface area contributed by atoms with Crippen LogP contribution in [-0.4, -0.2) is 35.2 Å². The van der Waals surface area contributed by atoms with Gasteiger partial charge in [-0.2, -0.15) is 0 Å². The molecule has 0 spiro atoms. The molecule has 1 heterocycles. The van der Waals surface area contributed by atoms with Crippen LogP contribution in [-0.2, 0) is 0 Å². The summed E-state index contributed by atoms with van der Waals surface area (Å²) in [4.78, 5) is 2.46. The van der Waals surface area contributed by atoms with E-state index < -0.39 is 0 Å². The molecule has 1 aliphatic carbocycles. The molecule has 2 aliphatic rings. The maximum atomic E-state index is 10.8. The quantitative estimate of drug-likeness (QED) is 0.781. The summed E-state index contributed by atoms with van der Waals surface area (Å²) >= 11 is 0. The number of piperidine rings is 1. The average Bonchev–Trinajstić information content (AvgIpc) is 2.31. The second-order valence-electron chi connectivity index (χ2n) is 5.99. The van der Waals surface area contributed by atoms with Gasteiger partial charge in [-0.15, -0.1) is 0 Å². The zero-order chi connectivity index (χ0) is 11.6. The largest absolute Gasteiger partial charge is 0.390 e. The Hall–Kier alpha value is -0.0800. The molecular weight excluding hydrogens is 198 g/mol. The predicted octanol–water partition coefficient (Wildman–Crippen LogP) is 2.66. The van der Waals surface area contributed by atoms with Crippen molar-refractivity contribution >= 4 is 0 Å². The molecule has 1 saturated carbocycles. The molecule has 2 nitrogen and oxygen atoms in total. The van der Waals surface area contributed by atoms with Gasteiger partial charge in [0.05, 0.1) is 5.60 Å². The van der Waals surface area contributed by atoms with Crippen LogP contribution in [0.5, 0.6) is 0 Å². The number of likely N-dealkylation sites (tertiary alicyclic amines) is 1. The van der Waals surface area contributed by atoms with Crippen LogP contribution >= 0.6 is 0 Å². The van der Waals surface area contributed by atoms with Crippen molar-refractivity contribution in [2.24, 2.45) is 11.8 Å². The molecule has 1 aliphatic heterocycles. The van der Waals surface area contributed by atoms with E-state index in [1.165, 1.54) is 25.7 Å². The first-order valence-corrected chi connectivity index (χ1v) is 7.09. The summed E-state index contributed by atoms with van der Waals surface area (Å²) in [6.45, 7) is 7.89. The molecule has 1 N–H and O–H groups in total. The lowest BCUT2D eigenvalue weighted by Gasteiger charge is -2.45. The van der Waals surface area contributed by atoms with Crippen LogP contribution in [0.2, 0.25) is 0 Å². The molecule has 0 unspecified atom stereocenters. The molecule has 0 atom stereocenters. The van der Waals surface area contributed by atoms with Crippen LogP contribution in [0.15, 0.2) is 0 Å². The third-order valence-electron chi connectivity index (χ3n) is 4.94. The topological polar surface area (TPSA) is 23.5 Å². The molecule has 0 radical (unpaired) electrons. The molecule has 0 bridgehead atoms. The fourth-order valence-electron chi connectivity index (χ4n) is 3.46. The Morgan fingerprint density at radius 2 is 1.69 bits per heavy atom. The lowest BCUT2D eigenvalue weighted by Crippen LogP contribution is -2.49. The van der Waals surface area contributed by atoms with E-state index in [4.69, 9.17) is 0 Å². The summed E-state index contributed by atoms with van der Waals surface area (Å²) in [5.41, 5.74) is -0.328. The normalized spacial score (nSPS) is 36.2. The van der Waals surface area contributed by atoms with Crippen molar-refractivity contribution in [3.8, 4) is 0 Å². The highest BCUT2D eigenvalue weighted by Gasteiger charge is 2.40. The number of hydrogen-bond donors (Lipinski definition) is 1. The number of rotatable bonds is 2. The lowest BCUT2D eigenvalue weighted by atomic mass is 9.70. The second kappa shape index (κ2) is 5.05. The summed E-state index contributed by atoms with van der Waals surface area (Å²) in [6, 6.07) is 0. The first kappa shape index (κ1) is 12.4. The SMILES string of the molecule is CCN1CCC(O)(C2CCC(C)CC2)CC1. The Balaban J connectivity index is 1.88. The van der Waals surface area contributed by atoms with Gasteiger partial charge in [-0.05, 0) is 44.1 Å². The Bertz CT molecular complexity index is 213. The van der Waals surface area contributed by atoms with Crippen LogP contribution in [0.1, 0.15) is 52.4 Å². The summed E-state index contributed by atoms with van der Waals surface area (Å²) in [6.07, 6.45) is 7.16. The Morgan fingerprint density at radius 3 is 2.19 bits per heavy atom. The molecular formula is C14H27NO. The third-order valence-corrected chi connectivity index (χ3v) is 4.94. The zero-order valence-corrected chi connectivity index (χ0v) is 10.9. The molecule has 16 heavy (non-hydrogen) atoms. The smallest absolute Gasteiger partial charge is 0.0700 e. The van der Waals surface area contributed by atoms with Gasteiger partial charge in [0.1, 0.15) is 0 Å². The van der Waals surface area contributed by atoms with Gasteiger partial charge in [0, 0.05) is 13.1 Å². The molecule has 0 aromatic heterocycles. The first-order chi connectivity index (χ1) is 7.64. The van der Waals surface area contributed by atoms with Gasteiger partial charge < -0.3 is 10.0 Å². The monoisotopic (exact) mass is 225 g/mol. The van der Waals surface area contributed by atoms with Crippen LogP contribution < -0.4 is 0 Å². The van der Waals surface area contributed by atoms with Crippen molar-refractivity contribution in [3.05, 3.63) is 0 Å². The van der Waals surface area contributed by atoms with Gasteiger partial charge in [0.25, 0.3) is 0 Å². The van der Waals surface area contributed by atoms with Gasteiger partial charge in [0.15, 0.2) is 0 Å². The van der Waals surface area contributed by atoms with Crippen molar-refractivity contribution in [2.45, 2.75) is 58.0 Å². The van der Waals surface area contributed by atoms with Crippen molar-refractivity contribution in [1.82, 2.24) is 4.90 Å². The highest BCUT2D eigenvalue weighted by Crippen LogP contribution is 2.40. The van der Waals surface area contributed by atoms with E-state index in [1.54, 1.807) is 0 Å². The summed E-state index contributed by atoms with van der Waals surface area (Å²) < 4.78 is 0. The molecule has 2 fully saturated rings. The number of nitrogens with zero attached hydrogens (tertiary/aromatic N) is 1. The van der Waals surface area contributed by atoms with Crippen LogP contribution in [0.3, 0.4) is 0 Å². The Morgan fingerprint density at radius 1 is 1.12 bits per heavy atom. The fourth-order valence-corrected chi connectivity index (χ4v) is 3.46. The van der Waals surface area contributed by atoms with Crippen molar-refractivity contribution in [3.63, 3.8) is 0 Å². The molecule has 2 heteroatoms. The molecule has 2 rings (SSSR count). The highest BCUT2D eigenvalue weighted by molar-refractivity contribution is 4.93.